The zero-order valence-electron chi connectivity index (χ0n) is 8.20. The van der Waals surface area contributed by atoms with Gasteiger partial charge in [-0.15, -0.1) is 0 Å². The number of halogens is 1. The van der Waals surface area contributed by atoms with Gasteiger partial charge in [-0.05, 0) is 47.7 Å². The third-order valence-electron chi connectivity index (χ3n) is 2.07. The van der Waals surface area contributed by atoms with Crippen LogP contribution in [0.15, 0.2) is 18.2 Å². The molecule has 0 saturated heterocycles. The Balaban J connectivity index is 3.10. The van der Waals surface area contributed by atoms with Crippen molar-refractivity contribution in [1.82, 2.24) is 0 Å². The quantitative estimate of drug-likeness (QED) is 0.836. The Labute approximate surface area is 97.4 Å². The van der Waals surface area contributed by atoms with E-state index >= 15 is 0 Å². The van der Waals surface area contributed by atoms with E-state index in [9.17, 15) is 5.11 Å². The van der Waals surface area contributed by atoms with Crippen molar-refractivity contribution in [3.63, 3.8) is 0 Å². The van der Waals surface area contributed by atoms with Crippen LogP contribution < -0.4 is 10.5 Å². The fraction of sp³-hybridized carbons (Fsp3) is 0.400. The van der Waals surface area contributed by atoms with Gasteiger partial charge in [0.25, 0.3) is 0 Å². The van der Waals surface area contributed by atoms with Crippen molar-refractivity contribution < 1.29 is 9.84 Å². The molecule has 0 amide bonds. The number of ether oxygens (including phenoxy) is 1. The Morgan fingerprint density at radius 3 is 2.64 bits per heavy atom. The van der Waals surface area contributed by atoms with Gasteiger partial charge in [0.15, 0.2) is 0 Å². The zero-order chi connectivity index (χ0) is 10.7. The standard InChI is InChI=1S/C10H14INO2/c1-6(13)10(12)8-5-7(11)3-4-9(8)14-2/h3-6,10,13H,12H2,1-2H3/t6?,10-/m0/s1. The Bertz CT molecular complexity index is 315. The molecule has 78 valence electrons. The molecule has 0 fully saturated rings. The monoisotopic (exact) mass is 307 g/mol. The number of hydrogen-bond acceptors (Lipinski definition) is 3. The van der Waals surface area contributed by atoms with Crippen LogP contribution in [-0.4, -0.2) is 18.3 Å². The average molecular weight is 307 g/mol. The van der Waals surface area contributed by atoms with Crippen LogP contribution in [0, 0.1) is 3.57 Å². The highest BCUT2D eigenvalue weighted by Gasteiger charge is 2.16. The second-order valence-electron chi connectivity index (χ2n) is 3.15. The molecule has 0 bridgehead atoms. The third-order valence-corrected chi connectivity index (χ3v) is 2.74. The van der Waals surface area contributed by atoms with E-state index in [1.165, 1.54) is 0 Å². The molecule has 2 atom stereocenters. The minimum atomic E-state index is -0.581. The smallest absolute Gasteiger partial charge is 0.123 e. The number of nitrogens with two attached hydrogens (primary N) is 1. The number of aliphatic hydroxyl groups excluding tert-OH is 1. The summed E-state index contributed by atoms with van der Waals surface area (Å²) < 4.78 is 6.26. The van der Waals surface area contributed by atoms with Crippen molar-refractivity contribution in [1.29, 1.82) is 0 Å². The predicted octanol–water partition coefficient (Wildman–Crippen LogP) is 1.68. The summed E-state index contributed by atoms with van der Waals surface area (Å²) >= 11 is 2.20. The van der Waals surface area contributed by atoms with Crippen molar-refractivity contribution in [2.45, 2.75) is 19.1 Å². The highest BCUT2D eigenvalue weighted by molar-refractivity contribution is 14.1. The van der Waals surface area contributed by atoms with Crippen LogP contribution in [0.25, 0.3) is 0 Å². The SMILES string of the molecule is COc1ccc(I)cc1[C@@H](N)C(C)O. The van der Waals surface area contributed by atoms with E-state index in [4.69, 9.17) is 10.5 Å². The normalized spacial score (nSPS) is 14.9. The van der Waals surface area contributed by atoms with Crippen molar-refractivity contribution in [3.05, 3.63) is 27.3 Å². The summed E-state index contributed by atoms with van der Waals surface area (Å²) in [5, 5.41) is 9.40. The van der Waals surface area contributed by atoms with Crippen LogP contribution in [0.1, 0.15) is 18.5 Å². The first-order valence-electron chi connectivity index (χ1n) is 4.33. The first-order chi connectivity index (χ1) is 6.56. The molecule has 0 aliphatic carbocycles. The lowest BCUT2D eigenvalue weighted by Gasteiger charge is -2.18. The molecule has 3 N–H and O–H groups in total. The highest BCUT2D eigenvalue weighted by Crippen LogP contribution is 2.27. The molecule has 14 heavy (non-hydrogen) atoms. The summed E-state index contributed by atoms with van der Waals surface area (Å²) in [6.45, 7) is 1.67. The highest BCUT2D eigenvalue weighted by atomic mass is 127. The van der Waals surface area contributed by atoms with E-state index in [0.29, 0.717) is 0 Å². The van der Waals surface area contributed by atoms with Crippen LogP contribution in [0.5, 0.6) is 5.75 Å². The van der Waals surface area contributed by atoms with Crippen molar-refractivity contribution in [2.75, 3.05) is 7.11 Å². The maximum atomic E-state index is 9.40. The first kappa shape index (κ1) is 11.7. The van der Waals surface area contributed by atoms with E-state index in [2.05, 4.69) is 22.6 Å². The topological polar surface area (TPSA) is 55.5 Å². The number of methoxy groups -OCH3 is 1. The molecular weight excluding hydrogens is 293 g/mol. The van der Waals surface area contributed by atoms with E-state index in [-0.39, 0.29) is 0 Å². The molecule has 1 aromatic rings. The van der Waals surface area contributed by atoms with Crippen LogP contribution in [0.4, 0.5) is 0 Å². The summed E-state index contributed by atoms with van der Waals surface area (Å²) in [6, 6.07) is 5.33. The lowest BCUT2D eigenvalue weighted by molar-refractivity contribution is 0.162. The van der Waals surface area contributed by atoms with Crippen molar-refractivity contribution >= 4 is 22.6 Å². The summed E-state index contributed by atoms with van der Waals surface area (Å²) in [4.78, 5) is 0. The number of rotatable bonds is 3. The van der Waals surface area contributed by atoms with Crippen molar-refractivity contribution in [2.24, 2.45) is 5.73 Å². The molecule has 0 heterocycles. The molecule has 0 aromatic heterocycles. The molecular formula is C10H14INO2. The lowest BCUT2D eigenvalue weighted by Crippen LogP contribution is -2.23. The van der Waals surface area contributed by atoms with Crippen molar-refractivity contribution in [3.8, 4) is 5.75 Å². The second-order valence-corrected chi connectivity index (χ2v) is 4.40. The second kappa shape index (κ2) is 4.95. The first-order valence-corrected chi connectivity index (χ1v) is 5.41. The van der Waals surface area contributed by atoms with Gasteiger partial charge in [-0.2, -0.15) is 0 Å². The van der Waals surface area contributed by atoms with Crippen LogP contribution in [0.2, 0.25) is 0 Å². The Morgan fingerprint density at radius 2 is 2.14 bits per heavy atom. The van der Waals surface area contributed by atoms with Gasteiger partial charge in [0.1, 0.15) is 5.75 Å². The minimum absolute atomic E-state index is 0.403. The average Bonchev–Trinajstić information content (AvgIpc) is 2.16. The van der Waals surface area contributed by atoms with Crippen LogP contribution in [0.3, 0.4) is 0 Å². The number of aliphatic hydroxyl groups is 1. The summed E-state index contributed by atoms with van der Waals surface area (Å²) in [5.41, 5.74) is 6.69. The minimum Gasteiger partial charge on any atom is -0.496 e. The number of benzene rings is 1. The predicted molar refractivity (Wildman–Crippen MR) is 64.3 cm³/mol. The van der Waals surface area contributed by atoms with Gasteiger partial charge < -0.3 is 15.6 Å². The molecule has 1 rings (SSSR count). The molecule has 0 aliphatic heterocycles. The van der Waals surface area contributed by atoms with Gasteiger partial charge in [-0.1, -0.05) is 0 Å². The fourth-order valence-corrected chi connectivity index (χ4v) is 1.74. The lowest BCUT2D eigenvalue weighted by atomic mass is 10.0. The molecule has 0 radical (unpaired) electrons. The van der Waals surface area contributed by atoms with E-state index in [1.807, 2.05) is 18.2 Å². The molecule has 1 unspecified atom stereocenters. The molecule has 1 aromatic carbocycles. The fourth-order valence-electron chi connectivity index (χ4n) is 1.23. The zero-order valence-corrected chi connectivity index (χ0v) is 10.4. The van der Waals surface area contributed by atoms with Gasteiger partial charge in [0, 0.05) is 9.13 Å². The van der Waals surface area contributed by atoms with Gasteiger partial charge in [0.05, 0.1) is 19.3 Å². The van der Waals surface area contributed by atoms with Gasteiger partial charge in [0.2, 0.25) is 0 Å². The molecule has 0 spiro atoms. The van der Waals surface area contributed by atoms with Gasteiger partial charge >= 0.3 is 0 Å². The Hall–Kier alpha value is -0.330. The van der Waals surface area contributed by atoms with Gasteiger partial charge in [-0.3, -0.25) is 0 Å². The Morgan fingerprint density at radius 1 is 1.50 bits per heavy atom. The maximum absolute atomic E-state index is 9.40. The molecule has 3 nitrogen and oxygen atoms in total. The molecule has 0 aliphatic rings. The summed E-state index contributed by atoms with van der Waals surface area (Å²) in [7, 11) is 1.60. The van der Waals surface area contributed by atoms with Crippen LogP contribution >= 0.6 is 22.6 Å². The summed E-state index contributed by atoms with van der Waals surface area (Å²) in [6.07, 6.45) is -0.581. The third kappa shape index (κ3) is 2.59. The molecule has 4 heteroatoms. The van der Waals surface area contributed by atoms with Gasteiger partial charge in [-0.25, -0.2) is 0 Å². The molecule has 0 saturated carbocycles. The maximum Gasteiger partial charge on any atom is 0.123 e. The largest absolute Gasteiger partial charge is 0.496 e. The van der Waals surface area contributed by atoms with E-state index in [1.54, 1.807) is 14.0 Å². The number of hydrogen-bond donors (Lipinski definition) is 2. The Kier molecular flexibility index (Phi) is 4.15. The van der Waals surface area contributed by atoms with E-state index in [0.717, 1.165) is 14.9 Å². The summed E-state index contributed by atoms with van der Waals surface area (Å²) in [5.74, 6) is 0.721. The van der Waals surface area contributed by atoms with E-state index < -0.39 is 12.1 Å². The van der Waals surface area contributed by atoms with Crippen LogP contribution in [-0.2, 0) is 0 Å².